The SMILES string of the molecule is CNS(=O)(=O)c1ccc(CCC(=O)NCC2(O)CCNC2)cc1. The van der Waals surface area contributed by atoms with Crippen LogP contribution in [-0.4, -0.2) is 51.7 Å². The van der Waals surface area contributed by atoms with Gasteiger partial charge in [0.05, 0.1) is 10.5 Å². The standard InChI is InChI=1S/C15H23N3O4S/c1-16-23(21,22)13-5-2-12(3-6-13)4-7-14(19)18-11-15(20)8-9-17-10-15/h2-3,5-6,16-17,20H,4,7-11H2,1H3,(H,18,19). The Hall–Kier alpha value is -1.48. The Bertz CT molecular complexity index is 637. The van der Waals surface area contributed by atoms with E-state index in [2.05, 4.69) is 15.4 Å². The van der Waals surface area contributed by atoms with Crippen molar-refractivity contribution in [1.82, 2.24) is 15.4 Å². The fourth-order valence-electron chi connectivity index (χ4n) is 2.44. The van der Waals surface area contributed by atoms with Crippen molar-refractivity contribution in [2.24, 2.45) is 0 Å². The smallest absolute Gasteiger partial charge is 0.240 e. The molecule has 0 spiro atoms. The van der Waals surface area contributed by atoms with E-state index in [9.17, 15) is 18.3 Å². The van der Waals surface area contributed by atoms with Gasteiger partial charge in [-0.25, -0.2) is 13.1 Å². The summed E-state index contributed by atoms with van der Waals surface area (Å²) in [6, 6.07) is 6.44. The molecule has 1 saturated heterocycles. The quantitative estimate of drug-likeness (QED) is 0.528. The second-order valence-corrected chi connectivity index (χ2v) is 7.67. The number of rotatable bonds is 7. The molecule has 8 heteroatoms. The molecule has 1 unspecified atom stereocenters. The molecule has 1 atom stereocenters. The van der Waals surface area contributed by atoms with Crippen molar-refractivity contribution < 1.29 is 18.3 Å². The first-order chi connectivity index (χ1) is 10.8. The third kappa shape index (κ3) is 5.00. The Balaban J connectivity index is 1.80. The van der Waals surface area contributed by atoms with E-state index < -0.39 is 15.6 Å². The van der Waals surface area contributed by atoms with Gasteiger partial charge in [-0.3, -0.25) is 4.79 Å². The van der Waals surface area contributed by atoms with Crippen LogP contribution in [0.3, 0.4) is 0 Å². The fraction of sp³-hybridized carbons (Fsp3) is 0.533. The average molecular weight is 341 g/mol. The molecular formula is C15H23N3O4S. The van der Waals surface area contributed by atoms with Gasteiger partial charge < -0.3 is 15.7 Å². The van der Waals surface area contributed by atoms with E-state index in [-0.39, 0.29) is 17.3 Å². The molecule has 7 nitrogen and oxygen atoms in total. The summed E-state index contributed by atoms with van der Waals surface area (Å²) in [6.07, 6.45) is 1.44. The number of benzene rings is 1. The van der Waals surface area contributed by atoms with Crippen LogP contribution < -0.4 is 15.4 Å². The lowest BCUT2D eigenvalue weighted by Crippen LogP contribution is -2.44. The number of hydrogen-bond acceptors (Lipinski definition) is 5. The molecule has 0 aliphatic carbocycles. The molecule has 0 saturated carbocycles. The lowest BCUT2D eigenvalue weighted by Gasteiger charge is -2.21. The van der Waals surface area contributed by atoms with E-state index in [1.54, 1.807) is 12.1 Å². The van der Waals surface area contributed by atoms with Gasteiger partial charge in [-0.2, -0.15) is 0 Å². The molecular weight excluding hydrogens is 318 g/mol. The van der Waals surface area contributed by atoms with Gasteiger partial charge in [-0.15, -0.1) is 0 Å². The third-order valence-corrected chi connectivity index (χ3v) is 5.41. The summed E-state index contributed by atoms with van der Waals surface area (Å²) in [6.45, 7) is 1.50. The largest absolute Gasteiger partial charge is 0.387 e. The molecule has 1 aliphatic heterocycles. The van der Waals surface area contributed by atoms with Crippen LogP contribution in [-0.2, 0) is 21.2 Å². The van der Waals surface area contributed by atoms with Gasteiger partial charge in [-0.1, -0.05) is 12.1 Å². The topological polar surface area (TPSA) is 108 Å². The van der Waals surface area contributed by atoms with Crippen molar-refractivity contribution in [3.63, 3.8) is 0 Å². The summed E-state index contributed by atoms with van der Waals surface area (Å²) < 4.78 is 25.5. The van der Waals surface area contributed by atoms with Crippen molar-refractivity contribution in [2.45, 2.75) is 29.8 Å². The monoisotopic (exact) mass is 341 g/mol. The molecule has 4 N–H and O–H groups in total. The minimum atomic E-state index is -3.43. The molecule has 2 rings (SSSR count). The Morgan fingerprint density at radius 2 is 2.04 bits per heavy atom. The van der Waals surface area contributed by atoms with E-state index in [0.29, 0.717) is 25.8 Å². The number of nitrogens with one attached hydrogen (secondary N) is 3. The molecule has 1 heterocycles. The van der Waals surface area contributed by atoms with Crippen LogP contribution in [0.25, 0.3) is 0 Å². The van der Waals surface area contributed by atoms with Gasteiger partial charge in [-0.05, 0) is 44.1 Å². The number of β-amino-alcohol motifs (C(OH)–C–C–N with tert-alkyl or cyclic N) is 1. The summed E-state index contributed by atoms with van der Waals surface area (Å²) in [4.78, 5) is 12.0. The number of carbonyl (C=O) groups is 1. The van der Waals surface area contributed by atoms with Gasteiger partial charge in [0.1, 0.15) is 0 Å². The first-order valence-corrected chi connectivity index (χ1v) is 9.05. The van der Waals surface area contributed by atoms with Crippen molar-refractivity contribution >= 4 is 15.9 Å². The molecule has 0 radical (unpaired) electrons. The highest BCUT2D eigenvalue weighted by molar-refractivity contribution is 7.89. The molecule has 1 amide bonds. The second kappa shape index (κ2) is 7.39. The van der Waals surface area contributed by atoms with Crippen LogP contribution >= 0.6 is 0 Å². The van der Waals surface area contributed by atoms with Gasteiger partial charge >= 0.3 is 0 Å². The van der Waals surface area contributed by atoms with Crippen LogP contribution in [0.1, 0.15) is 18.4 Å². The zero-order chi connectivity index (χ0) is 16.9. The molecule has 128 valence electrons. The molecule has 1 aromatic carbocycles. The first kappa shape index (κ1) is 17.9. The van der Waals surface area contributed by atoms with Crippen LogP contribution in [0, 0.1) is 0 Å². The Morgan fingerprint density at radius 1 is 1.35 bits per heavy atom. The lowest BCUT2D eigenvalue weighted by molar-refractivity contribution is -0.122. The predicted octanol–water partition coefficient (Wildman–Crippen LogP) is -0.632. The Morgan fingerprint density at radius 3 is 2.61 bits per heavy atom. The summed E-state index contributed by atoms with van der Waals surface area (Å²) in [5.74, 6) is -0.128. The van der Waals surface area contributed by atoms with E-state index in [1.165, 1.54) is 19.2 Å². The predicted molar refractivity (Wildman–Crippen MR) is 86.5 cm³/mol. The summed E-state index contributed by atoms with van der Waals surface area (Å²) in [5, 5.41) is 15.9. The van der Waals surface area contributed by atoms with Crippen LogP contribution in [0.5, 0.6) is 0 Å². The Labute approximate surface area is 136 Å². The summed E-state index contributed by atoms with van der Waals surface area (Å²) in [7, 11) is -2.07. The molecule has 1 aliphatic rings. The van der Waals surface area contributed by atoms with Gasteiger partial charge in [0.25, 0.3) is 0 Å². The summed E-state index contributed by atoms with van der Waals surface area (Å²) in [5.41, 5.74) is 0.0372. The maximum atomic E-state index is 11.8. The van der Waals surface area contributed by atoms with Crippen molar-refractivity contribution in [3.05, 3.63) is 29.8 Å². The van der Waals surface area contributed by atoms with E-state index in [4.69, 9.17) is 0 Å². The van der Waals surface area contributed by atoms with E-state index in [0.717, 1.165) is 12.1 Å². The number of sulfonamides is 1. The number of aliphatic hydroxyl groups is 1. The Kier molecular flexibility index (Phi) is 5.74. The normalized spacial score (nSPS) is 21.3. The van der Waals surface area contributed by atoms with Gasteiger partial charge in [0.15, 0.2) is 0 Å². The number of amides is 1. The van der Waals surface area contributed by atoms with E-state index in [1.807, 2.05) is 0 Å². The minimum absolute atomic E-state index is 0.128. The highest BCUT2D eigenvalue weighted by Gasteiger charge is 2.31. The van der Waals surface area contributed by atoms with E-state index >= 15 is 0 Å². The van der Waals surface area contributed by atoms with Gasteiger partial charge in [0.2, 0.25) is 15.9 Å². The number of carbonyl (C=O) groups excluding carboxylic acids is 1. The fourth-order valence-corrected chi connectivity index (χ4v) is 3.17. The molecule has 0 aromatic heterocycles. The van der Waals surface area contributed by atoms with Crippen molar-refractivity contribution in [2.75, 3.05) is 26.7 Å². The lowest BCUT2D eigenvalue weighted by atomic mass is 10.0. The summed E-state index contributed by atoms with van der Waals surface area (Å²) >= 11 is 0. The van der Waals surface area contributed by atoms with Crippen LogP contribution in [0.15, 0.2) is 29.2 Å². The third-order valence-electron chi connectivity index (χ3n) is 3.98. The maximum absolute atomic E-state index is 11.8. The minimum Gasteiger partial charge on any atom is -0.387 e. The van der Waals surface area contributed by atoms with Crippen molar-refractivity contribution in [3.8, 4) is 0 Å². The molecule has 23 heavy (non-hydrogen) atoms. The molecule has 0 bridgehead atoms. The van der Waals surface area contributed by atoms with Gasteiger partial charge in [0, 0.05) is 19.5 Å². The van der Waals surface area contributed by atoms with Crippen LogP contribution in [0.2, 0.25) is 0 Å². The second-order valence-electron chi connectivity index (χ2n) is 5.78. The highest BCUT2D eigenvalue weighted by atomic mass is 32.2. The highest BCUT2D eigenvalue weighted by Crippen LogP contribution is 2.13. The number of aryl methyl sites for hydroxylation is 1. The van der Waals surface area contributed by atoms with Crippen LogP contribution in [0.4, 0.5) is 0 Å². The number of hydrogen-bond donors (Lipinski definition) is 4. The zero-order valence-electron chi connectivity index (χ0n) is 13.1. The maximum Gasteiger partial charge on any atom is 0.240 e. The van der Waals surface area contributed by atoms with Crippen molar-refractivity contribution in [1.29, 1.82) is 0 Å². The first-order valence-electron chi connectivity index (χ1n) is 7.57. The molecule has 1 fully saturated rings. The zero-order valence-corrected chi connectivity index (χ0v) is 13.9. The average Bonchev–Trinajstić information content (AvgIpc) is 2.98. The molecule has 1 aromatic rings.